The summed E-state index contributed by atoms with van der Waals surface area (Å²) in [5.41, 5.74) is 0. The van der Waals surface area contributed by atoms with Crippen LogP contribution >= 0.6 is 0 Å². The minimum Gasteiger partial charge on any atom is -0.355 e. The molecule has 1 fully saturated rings. The molecular weight excluding hydrogens is 272 g/mol. The molecule has 0 radical (unpaired) electrons. The molecule has 1 saturated heterocycles. The zero-order chi connectivity index (χ0) is 16.0. The van der Waals surface area contributed by atoms with Gasteiger partial charge in [0.1, 0.15) is 6.04 Å². The molecule has 1 heterocycles. The number of imide groups is 1. The standard InChI is InChI=1S/C14H26N4O3/c1-5-6-15-12(19)8-17(4)9-18-13(20)11(7-10(2)3)16-14(18)21/h10-11H,5-9H2,1-4H3,(H,15,19)(H,16,21). The number of nitrogens with one attached hydrogen (secondary N) is 2. The van der Waals surface area contributed by atoms with Gasteiger partial charge in [0.25, 0.3) is 5.91 Å². The maximum Gasteiger partial charge on any atom is 0.325 e. The number of carbonyl (C=O) groups is 3. The predicted molar refractivity (Wildman–Crippen MR) is 79.4 cm³/mol. The maximum absolute atomic E-state index is 12.2. The summed E-state index contributed by atoms with van der Waals surface area (Å²) in [5, 5.41) is 5.45. The molecule has 0 aromatic heterocycles. The highest BCUT2D eigenvalue weighted by atomic mass is 16.2. The van der Waals surface area contributed by atoms with Crippen LogP contribution in [0.25, 0.3) is 0 Å². The van der Waals surface area contributed by atoms with Crippen molar-refractivity contribution in [3.63, 3.8) is 0 Å². The van der Waals surface area contributed by atoms with Crippen LogP contribution in [0.5, 0.6) is 0 Å². The summed E-state index contributed by atoms with van der Waals surface area (Å²) >= 11 is 0. The fourth-order valence-corrected chi connectivity index (χ4v) is 2.20. The minimum absolute atomic E-state index is 0.106. The Morgan fingerprint density at radius 2 is 2.10 bits per heavy atom. The Kier molecular flexibility index (Phi) is 6.61. The molecule has 1 rings (SSSR count). The second-order valence-electron chi connectivity index (χ2n) is 5.90. The lowest BCUT2D eigenvalue weighted by Crippen LogP contribution is -2.44. The molecule has 0 spiro atoms. The van der Waals surface area contributed by atoms with Crippen LogP contribution in [0.4, 0.5) is 4.79 Å². The zero-order valence-electron chi connectivity index (χ0n) is 13.3. The lowest BCUT2D eigenvalue weighted by Gasteiger charge is -2.21. The Bertz CT molecular complexity index is 398. The van der Waals surface area contributed by atoms with Gasteiger partial charge in [-0.05, 0) is 25.8 Å². The highest BCUT2D eigenvalue weighted by Crippen LogP contribution is 2.14. The van der Waals surface area contributed by atoms with Crippen LogP contribution in [0, 0.1) is 5.92 Å². The SMILES string of the molecule is CCCNC(=O)CN(C)CN1C(=O)NC(CC(C)C)C1=O. The molecule has 7 heteroatoms. The summed E-state index contributed by atoms with van der Waals surface area (Å²) < 4.78 is 0. The first kappa shape index (κ1) is 17.4. The summed E-state index contributed by atoms with van der Waals surface area (Å²) in [5.74, 6) is 0.0106. The highest BCUT2D eigenvalue weighted by Gasteiger charge is 2.38. The second-order valence-corrected chi connectivity index (χ2v) is 5.90. The van der Waals surface area contributed by atoms with E-state index in [1.54, 1.807) is 11.9 Å². The summed E-state index contributed by atoms with van der Waals surface area (Å²) in [4.78, 5) is 38.4. The molecule has 0 saturated carbocycles. The molecule has 1 atom stereocenters. The quantitative estimate of drug-likeness (QED) is 0.634. The van der Waals surface area contributed by atoms with Crippen LogP contribution < -0.4 is 10.6 Å². The molecule has 0 bridgehead atoms. The average Bonchev–Trinajstić information content (AvgIpc) is 2.63. The minimum atomic E-state index is -0.445. The van der Waals surface area contributed by atoms with Gasteiger partial charge >= 0.3 is 6.03 Å². The molecule has 1 unspecified atom stereocenters. The van der Waals surface area contributed by atoms with Gasteiger partial charge in [-0.25, -0.2) is 9.69 Å². The van der Waals surface area contributed by atoms with E-state index in [9.17, 15) is 14.4 Å². The first-order valence-corrected chi connectivity index (χ1v) is 7.42. The van der Waals surface area contributed by atoms with Crippen LogP contribution in [0.1, 0.15) is 33.6 Å². The molecule has 1 aliphatic heterocycles. The van der Waals surface area contributed by atoms with E-state index in [4.69, 9.17) is 0 Å². The van der Waals surface area contributed by atoms with E-state index < -0.39 is 6.04 Å². The van der Waals surface area contributed by atoms with E-state index in [0.29, 0.717) is 18.9 Å². The van der Waals surface area contributed by atoms with Gasteiger partial charge < -0.3 is 10.6 Å². The number of hydrogen-bond donors (Lipinski definition) is 2. The first-order valence-electron chi connectivity index (χ1n) is 7.42. The second kappa shape index (κ2) is 7.97. The molecule has 0 aliphatic carbocycles. The fraction of sp³-hybridized carbons (Fsp3) is 0.786. The highest BCUT2D eigenvalue weighted by molar-refractivity contribution is 6.04. The van der Waals surface area contributed by atoms with E-state index in [1.165, 1.54) is 4.90 Å². The van der Waals surface area contributed by atoms with Crippen molar-refractivity contribution in [1.82, 2.24) is 20.4 Å². The van der Waals surface area contributed by atoms with E-state index >= 15 is 0 Å². The molecule has 21 heavy (non-hydrogen) atoms. The molecule has 4 amide bonds. The number of hydrogen-bond acceptors (Lipinski definition) is 4. The van der Waals surface area contributed by atoms with Crippen molar-refractivity contribution in [2.75, 3.05) is 26.8 Å². The zero-order valence-corrected chi connectivity index (χ0v) is 13.3. The summed E-state index contributed by atoms with van der Waals surface area (Å²) in [6, 6.07) is -0.828. The fourth-order valence-electron chi connectivity index (χ4n) is 2.20. The van der Waals surface area contributed by atoms with Gasteiger partial charge in [0, 0.05) is 6.54 Å². The lowest BCUT2D eigenvalue weighted by atomic mass is 10.0. The van der Waals surface area contributed by atoms with Crippen LogP contribution in [-0.4, -0.2) is 60.5 Å². The largest absolute Gasteiger partial charge is 0.355 e. The first-order chi connectivity index (χ1) is 9.85. The molecule has 2 N–H and O–H groups in total. The maximum atomic E-state index is 12.2. The van der Waals surface area contributed by atoms with Crippen molar-refractivity contribution in [1.29, 1.82) is 0 Å². The van der Waals surface area contributed by atoms with Crippen molar-refractivity contribution in [3.8, 4) is 0 Å². The van der Waals surface area contributed by atoms with Crippen LogP contribution in [0.2, 0.25) is 0 Å². The van der Waals surface area contributed by atoms with Gasteiger partial charge in [-0.2, -0.15) is 0 Å². The van der Waals surface area contributed by atoms with E-state index in [0.717, 1.165) is 6.42 Å². The molecule has 0 aromatic carbocycles. The van der Waals surface area contributed by atoms with Gasteiger partial charge in [0.2, 0.25) is 5.91 Å². The Labute approximate surface area is 126 Å². The Hall–Kier alpha value is -1.63. The number of urea groups is 1. The normalized spacial score (nSPS) is 18.6. The third-order valence-electron chi connectivity index (χ3n) is 3.18. The van der Waals surface area contributed by atoms with E-state index in [2.05, 4.69) is 10.6 Å². The van der Waals surface area contributed by atoms with Crippen molar-refractivity contribution in [2.45, 2.75) is 39.7 Å². The third-order valence-corrected chi connectivity index (χ3v) is 3.18. The number of amides is 4. The van der Waals surface area contributed by atoms with Crippen molar-refractivity contribution < 1.29 is 14.4 Å². The number of rotatable bonds is 8. The van der Waals surface area contributed by atoms with Crippen LogP contribution in [0.3, 0.4) is 0 Å². The summed E-state index contributed by atoms with van der Waals surface area (Å²) in [6.07, 6.45) is 1.50. The predicted octanol–water partition coefficient (Wildman–Crippen LogP) is 0.368. The molecule has 0 aromatic rings. The van der Waals surface area contributed by atoms with Gasteiger partial charge in [0.05, 0.1) is 13.2 Å². The third kappa shape index (κ3) is 5.34. The van der Waals surface area contributed by atoms with Gasteiger partial charge in [0.15, 0.2) is 0 Å². The van der Waals surface area contributed by atoms with Crippen molar-refractivity contribution in [3.05, 3.63) is 0 Å². The van der Waals surface area contributed by atoms with Crippen molar-refractivity contribution in [2.24, 2.45) is 5.92 Å². The number of carbonyl (C=O) groups excluding carboxylic acids is 3. The molecule has 1 aliphatic rings. The topological polar surface area (TPSA) is 81.8 Å². The van der Waals surface area contributed by atoms with Gasteiger partial charge in [-0.3, -0.25) is 14.5 Å². The summed E-state index contributed by atoms with van der Waals surface area (Å²) in [6.45, 7) is 6.90. The van der Waals surface area contributed by atoms with Crippen molar-refractivity contribution >= 4 is 17.8 Å². The Balaban J connectivity index is 2.48. The monoisotopic (exact) mass is 298 g/mol. The number of nitrogens with zero attached hydrogens (tertiary/aromatic N) is 2. The molecule has 7 nitrogen and oxygen atoms in total. The van der Waals surface area contributed by atoms with Crippen LogP contribution in [0.15, 0.2) is 0 Å². The molecular formula is C14H26N4O3. The number of likely N-dealkylation sites (N-methyl/N-ethyl adjacent to an activating group) is 1. The summed E-state index contributed by atoms with van der Waals surface area (Å²) in [7, 11) is 1.71. The van der Waals surface area contributed by atoms with E-state index in [-0.39, 0.29) is 31.1 Å². The lowest BCUT2D eigenvalue weighted by molar-refractivity contribution is -0.130. The van der Waals surface area contributed by atoms with Gasteiger partial charge in [-0.15, -0.1) is 0 Å². The average molecular weight is 298 g/mol. The Morgan fingerprint density at radius 1 is 1.43 bits per heavy atom. The Morgan fingerprint density at radius 3 is 2.67 bits per heavy atom. The molecule has 120 valence electrons. The van der Waals surface area contributed by atoms with Gasteiger partial charge in [-0.1, -0.05) is 20.8 Å². The smallest absolute Gasteiger partial charge is 0.325 e. The van der Waals surface area contributed by atoms with E-state index in [1.807, 2.05) is 20.8 Å². The van der Waals surface area contributed by atoms with Crippen LogP contribution in [-0.2, 0) is 9.59 Å².